The molecule has 0 atom stereocenters. The molecule has 3 aromatic carbocycles. The van der Waals surface area contributed by atoms with Gasteiger partial charge in [-0.15, -0.1) is 0 Å². The molecule has 1 N–H and O–H groups in total. The molecule has 33 heavy (non-hydrogen) atoms. The zero-order chi connectivity index (χ0) is 23.2. The van der Waals surface area contributed by atoms with Crippen molar-refractivity contribution in [2.24, 2.45) is 0 Å². The SMILES string of the molecule is COc1ccc(-c2noc(-c3cccc(OCC(=O)Nc4ccc(C(C)=O)cc4)c3)n2)cc1. The molecule has 0 fully saturated rings. The summed E-state index contributed by atoms with van der Waals surface area (Å²) in [7, 11) is 1.60. The monoisotopic (exact) mass is 443 g/mol. The van der Waals surface area contributed by atoms with Crippen molar-refractivity contribution in [1.82, 2.24) is 10.1 Å². The van der Waals surface area contributed by atoms with Crippen molar-refractivity contribution in [3.05, 3.63) is 78.4 Å². The van der Waals surface area contributed by atoms with Crippen LogP contribution in [0, 0.1) is 0 Å². The van der Waals surface area contributed by atoms with Crippen LogP contribution in [0.4, 0.5) is 5.69 Å². The van der Waals surface area contributed by atoms with Gasteiger partial charge in [-0.3, -0.25) is 9.59 Å². The number of benzene rings is 3. The highest BCUT2D eigenvalue weighted by Gasteiger charge is 2.12. The molecule has 1 heterocycles. The Morgan fingerprint density at radius 1 is 0.939 bits per heavy atom. The standard InChI is InChI=1S/C25H21N3O5/c1-16(29)17-6-10-20(11-7-17)26-23(30)15-32-22-5-3-4-19(14-22)25-27-24(28-33-25)18-8-12-21(31-2)13-9-18/h3-14H,15H2,1-2H3,(H,26,30). The predicted molar refractivity (Wildman–Crippen MR) is 122 cm³/mol. The summed E-state index contributed by atoms with van der Waals surface area (Å²) in [6.45, 7) is 1.31. The summed E-state index contributed by atoms with van der Waals surface area (Å²) in [5.41, 5.74) is 2.63. The number of hydrogen-bond donors (Lipinski definition) is 1. The van der Waals surface area contributed by atoms with Crippen molar-refractivity contribution in [3.63, 3.8) is 0 Å². The summed E-state index contributed by atoms with van der Waals surface area (Å²) in [5.74, 6) is 1.66. The minimum Gasteiger partial charge on any atom is -0.497 e. The number of amides is 1. The number of methoxy groups -OCH3 is 1. The molecule has 1 aromatic heterocycles. The quantitative estimate of drug-likeness (QED) is 0.396. The van der Waals surface area contributed by atoms with Crippen LogP contribution in [0.2, 0.25) is 0 Å². The minimum atomic E-state index is -0.324. The molecule has 0 aliphatic heterocycles. The number of anilines is 1. The van der Waals surface area contributed by atoms with E-state index >= 15 is 0 Å². The minimum absolute atomic E-state index is 0.0338. The zero-order valence-corrected chi connectivity index (χ0v) is 18.1. The van der Waals surface area contributed by atoms with E-state index in [9.17, 15) is 9.59 Å². The zero-order valence-electron chi connectivity index (χ0n) is 18.1. The lowest BCUT2D eigenvalue weighted by Crippen LogP contribution is -2.20. The smallest absolute Gasteiger partial charge is 0.262 e. The first-order chi connectivity index (χ1) is 16.0. The van der Waals surface area contributed by atoms with E-state index in [0.717, 1.165) is 11.3 Å². The number of ether oxygens (including phenoxy) is 2. The molecule has 4 aromatic rings. The van der Waals surface area contributed by atoms with Gasteiger partial charge in [0.1, 0.15) is 11.5 Å². The molecule has 166 valence electrons. The first-order valence-corrected chi connectivity index (χ1v) is 10.1. The Balaban J connectivity index is 1.38. The van der Waals surface area contributed by atoms with Crippen molar-refractivity contribution in [2.75, 3.05) is 19.0 Å². The van der Waals surface area contributed by atoms with Crippen molar-refractivity contribution in [3.8, 4) is 34.3 Å². The number of aromatic nitrogens is 2. The molecular weight excluding hydrogens is 422 g/mol. The Morgan fingerprint density at radius 2 is 1.70 bits per heavy atom. The molecule has 0 spiro atoms. The number of nitrogens with one attached hydrogen (secondary N) is 1. The molecular formula is C25H21N3O5. The Morgan fingerprint density at radius 3 is 2.39 bits per heavy atom. The van der Waals surface area contributed by atoms with E-state index in [0.29, 0.717) is 34.3 Å². The average Bonchev–Trinajstić information content (AvgIpc) is 3.34. The lowest BCUT2D eigenvalue weighted by molar-refractivity contribution is -0.118. The fraction of sp³-hybridized carbons (Fsp3) is 0.120. The highest BCUT2D eigenvalue weighted by molar-refractivity contribution is 5.96. The summed E-state index contributed by atoms with van der Waals surface area (Å²) in [5, 5.41) is 6.76. The van der Waals surface area contributed by atoms with Gasteiger partial charge in [-0.25, -0.2) is 0 Å². The van der Waals surface area contributed by atoms with E-state index in [4.69, 9.17) is 14.0 Å². The highest BCUT2D eigenvalue weighted by atomic mass is 16.5. The van der Waals surface area contributed by atoms with E-state index in [1.807, 2.05) is 30.3 Å². The number of hydrogen-bond acceptors (Lipinski definition) is 7. The summed E-state index contributed by atoms with van der Waals surface area (Å²) in [4.78, 5) is 28.0. The topological polar surface area (TPSA) is 104 Å². The van der Waals surface area contributed by atoms with Crippen LogP contribution in [0.3, 0.4) is 0 Å². The number of carbonyl (C=O) groups excluding carboxylic acids is 2. The summed E-state index contributed by atoms with van der Waals surface area (Å²) < 4.78 is 16.2. The number of ketones is 1. The average molecular weight is 443 g/mol. The largest absolute Gasteiger partial charge is 0.497 e. The maximum atomic E-state index is 12.2. The molecule has 0 aliphatic carbocycles. The third kappa shape index (κ3) is 5.43. The predicted octanol–water partition coefficient (Wildman–Crippen LogP) is 4.63. The van der Waals surface area contributed by atoms with Gasteiger partial charge in [-0.1, -0.05) is 11.2 Å². The Bertz CT molecular complexity index is 1260. The second-order valence-corrected chi connectivity index (χ2v) is 7.15. The molecule has 0 radical (unpaired) electrons. The van der Waals surface area contributed by atoms with Crippen molar-refractivity contribution >= 4 is 17.4 Å². The maximum Gasteiger partial charge on any atom is 0.262 e. The molecule has 0 aliphatic rings. The summed E-state index contributed by atoms with van der Waals surface area (Å²) >= 11 is 0. The van der Waals surface area contributed by atoms with Gasteiger partial charge in [-0.05, 0) is 73.7 Å². The Hall–Kier alpha value is -4.46. The second-order valence-electron chi connectivity index (χ2n) is 7.15. The molecule has 0 bridgehead atoms. The van der Waals surface area contributed by atoms with Gasteiger partial charge in [0.15, 0.2) is 12.4 Å². The first kappa shape index (κ1) is 21.8. The van der Waals surface area contributed by atoms with Crippen LogP contribution in [0.15, 0.2) is 77.3 Å². The van der Waals surface area contributed by atoms with E-state index in [2.05, 4.69) is 15.5 Å². The number of nitrogens with zero attached hydrogens (tertiary/aromatic N) is 2. The van der Waals surface area contributed by atoms with Gasteiger partial charge in [-0.2, -0.15) is 4.98 Å². The van der Waals surface area contributed by atoms with Crippen molar-refractivity contribution in [2.45, 2.75) is 6.92 Å². The Kier molecular flexibility index (Phi) is 6.45. The van der Waals surface area contributed by atoms with Crippen LogP contribution in [0.5, 0.6) is 11.5 Å². The fourth-order valence-electron chi connectivity index (χ4n) is 3.05. The third-order valence-electron chi connectivity index (χ3n) is 4.80. The van der Waals surface area contributed by atoms with E-state index < -0.39 is 0 Å². The lowest BCUT2D eigenvalue weighted by Gasteiger charge is -2.08. The van der Waals surface area contributed by atoms with Crippen LogP contribution in [0.1, 0.15) is 17.3 Å². The van der Waals surface area contributed by atoms with Gasteiger partial charge in [0.2, 0.25) is 5.82 Å². The third-order valence-corrected chi connectivity index (χ3v) is 4.80. The van der Waals surface area contributed by atoms with E-state index in [1.54, 1.807) is 49.6 Å². The van der Waals surface area contributed by atoms with Crippen molar-refractivity contribution in [1.29, 1.82) is 0 Å². The Labute approximate surface area is 190 Å². The van der Waals surface area contributed by atoms with E-state index in [1.165, 1.54) is 6.92 Å². The number of rotatable bonds is 8. The molecule has 0 saturated carbocycles. The normalized spacial score (nSPS) is 10.5. The highest BCUT2D eigenvalue weighted by Crippen LogP contribution is 2.26. The lowest BCUT2D eigenvalue weighted by atomic mass is 10.1. The van der Waals surface area contributed by atoms with Crippen LogP contribution >= 0.6 is 0 Å². The van der Waals surface area contributed by atoms with Gasteiger partial charge in [0.25, 0.3) is 11.8 Å². The first-order valence-electron chi connectivity index (χ1n) is 10.1. The molecule has 0 saturated heterocycles. The molecule has 4 rings (SSSR count). The fourth-order valence-corrected chi connectivity index (χ4v) is 3.05. The number of Topliss-reactive ketones (excluding diaryl/α,β-unsaturated/α-hetero) is 1. The van der Waals surface area contributed by atoms with Crippen LogP contribution in [-0.4, -0.2) is 35.5 Å². The molecule has 8 heteroatoms. The second kappa shape index (κ2) is 9.78. The molecule has 8 nitrogen and oxygen atoms in total. The van der Waals surface area contributed by atoms with Crippen molar-refractivity contribution < 1.29 is 23.6 Å². The van der Waals surface area contributed by atoms with Gasteiger partial charge in [0, 0.05) is 22.4 Å². The summed E-state index contributed by atoms with van der Waals surface area (Å²) in [6.07, 6.45) is 0. The van der Waals surface area contributed by atoms with Gasteiger partial charge in [0.05, 0.1) is 7.11 Å². The number of carbonyl (C=O) groups is 2. The molecule has 0 unspecified atom stereocenters. The van der Waals surface area contributed by atoms with Gasteiger partial charge < -0.3 is 19.3 Å². The maximum absolute atomic E-state index is 12.2. The van der Waals surface area contributed by atoms with Crippen LogP contribution in [0.25, 0.3) is 22.8 Å². The van der Waals surface area contributed by atoms with Crippen LogP contribution in [-0.2, 0) is 4.79 Å². The summed E-state index contributed by atoms with van der Waals surface area (Å²) in [6, 6.07) is 21.1. The van der Waals surface area contributed by atoms with E-state index in [-0.39, 0.29) is 18.3 Å². The van der Waals surface area contributed by atoms with Gasteiger partial charge >= 0.3 is 0 Å². The molecule has 1 amide bonds. The van der Waals surface area contributed by atoms with Crippen LogP contribution < -0.4 is 14.8 Å².